The number of rotatable bonds is 0. The minimum atomic E-state index is 0.0233. The molecule has 0 unspecified atom stereocenters. The van der Waals surface area contributed by atoms with Crippen molar-refractivity contribution in [1.29, 1.82) is 0 Å². The van der Waals surface area contributed by atoms with Crippen molar-refractivity contribution in [2.75, 3.05) is 0 Å². The van der Waals surface area contributed by atoms with Crippen LogP contribution in [-0.2, 0) is 0 Å². The summed E-state index contributed by atoms with van der Waals surface area (Å²) in [6, 6.07) is 0.536. The van der Waals surface area contributed by atoms with Crippen molar-refractivity contribution in [3.63, 3.8) is 0 Å². The van der Waals surface area contributed by atoms with E-state index in [-0.39, 0.29) is 15.6 Å². The molecule has 1 nitrogen and oxygen atoms in total. The molecule has 1 aliphatic rings. The Labute approximate surface area is 93.4 Å². The molecule has 0 aromatic rings. The molecule has 1 aliphatic carbocycles. The van der Waals surface area contributed by atoms with Gasteiger partial charge < -0.3 is 5.73 Å². The third-order valence-electron chi connectivity index (χ3n) is 1.65. The fraction of sp³-hybridized carbons (Fsp3) is 1.00. The van der Waals surface area contributed by atoms with Gasteiger partial charge in [-0.1, -0.05) is 19.3 Å². The van der Waals surface area contributed by atoms with Crippen LogP contribution in [0.2, 0.25) is 0 Å². The zero-order valence-electron chi connectivity index (χ0n) is 5.95. The second-order valence-corrected chi connectivity index (χ2v) is 30.6. The maximum atomic E-state index is 5.63. The predicted molar refractivity (Wildman–Crippen MR) is 64.9 cm³/mol. The molecule has 0 bridgehead atoms. The number of halogens is 2. The van der Waals surface area contributed by atoms with E-state index in [1.54, 1.807) is 0 Å². The van der Waals surface area contributed by atoms with Crippen LogP contribution in [0.3, 0.4) is 0 Å². The van der Waals surface area contributed by atoms with Gasteiger partial charge in [0.2, 0.25) is 0 Å². The summed E-state index contributed by atoms with van der Waals surface area (Å²) >= 11 is 4.96. The first-order valence-electron chi connectivity index (χ1n) is 3.53. The van der Waals surface area contributed by atoms with Crippen LogP contribution in [0.1, 0.15) is 32.1 Å². The Morgan fingerprint density at radius 1 is 1.10 bits per heavy atom. The summed E-state index contributed by atoms with van der Waals surface area (Å²) in [4.78, 5) is 0. The van der Waals surface area contributed by atoms with Gasteiger partial charge in [-0.2, -0.15) is 0 Å². The summed E-state index contributed by atoms with van der Waals surface area (Å²) in [6.45, 7) is 0. The van der Waals surface area contributed by atoms with Crippen molar-refractivity contribution in [1.82, 2.24) is 0 Å². The quantitative estimate of drug-likeness (QED) is 0.358. The molecule has 10 heavy (non-hydrogen) atoms. The molecule has 0 amide bonds. The van der Waals surface area contributed by atoms with Crippen LogP contribution in [0.25, 0.3) is 0 Å². The number of hydrogen-bond donors (Lipinski definition) is 1. The van der Waals surface area contributed by atoms with Gasteiger partial charge in [0.25, 0.3) is 0 Å². The van der Waals surface area contributed by atoms with E-state index in [1.807, 2.05) is 0 Å². The van der Waals surface area contributed by atoms with Crippen molar-refractivity contribution < 1.29 is 0 Å². The Hall–Kier alpha value is 2.34. The molecule has 1 fully saturated rings. The van der Waals surface area contributed by atoms with Gasteiger partial charge in [0.05, 0.1) is 0 Å². The molecule has 0 spiro atoms. The Morgan fingerprint density at radius 2 is 1.50 bits per heavy atom. The first-order valence-corrected chi connectivity index (χ1v) is 25.4. The van der Waals surface area contributed by atoms with Crippen molar-refractivity contribution in [3.05, 3.63) is 0 Å². The number of nitrogens with two attached hydrogens (primary N) is 1. The summed E-state index contributed by atoms with van der Waals surface area (Å²) in [5, 5.41) is 0. The van der Waals surface area contributed by atoms with Gasteiger partial charge >= 0.3 is 51.2 Å². The summed E-state index contributed by atoms with van der Waals surface area (Å²) in [6.07, 6.45) is 6.66. The summed E-state index contributed by atoms with van der Waals surface area (Å²) in [7, 11) is 0. The predicted octanol–water partition coefficient (Wildman–Crippen LogP) is 2.67. The van der Waals surface area contributed by atoms with E-state index >= 15 is 0 Å². The van der Waals surface area contributed by atoms with Gasteiger partial charge in [-0.25, -0.2) is 0 Å². The van der Waals surface area contributed by atoms with Crippen molar-refractivity contribution >= 4 is 51.2 Å². The molecule has 0 aromatic carbocycles. The van der Waals surface area contributed by atoms with Crippen LogP contribution >= 0.6 is 35.5 Å². The van der Waals surface area contributed by atoms with E-state index < -0.39 is 0 Å². The van der Waals surface area contributed by atoms with Crippen molar-refractivity contribution in [3.8, 4) is 0 Å². The van der Waals surface area contributed by atoms with E-state index in [2.05, 4.69) is 35.5 Å². The van der Waals surface area contributed by atoms with Crippen molar-refractivity contribution in [2.45, 2.75) is 38.1 Å². The monoisotopic (exact) mass is 561 g/mol. The second-order valence-electron chi connectivity index (χ2n) is 2.47. The van der Waals surface area contributed by atoms with Crippen molar-refractivity contribution in [2.24, 2.45) is 5.73 Å². The number of hydrogen-bond acceptors (Lipinski definition) is 1. The first kappa shape index (κ1) is 12.3. The molecule has 1 rings (SSSR count). The van der Waals surface area contributed by atoms with Crippen LogP contribution in [0.4, 0.5) is 0 Å². The molecule has 0 heterocycles. The molecule has 60 valence electrons. The molecule has 2 radical (unpaired) electrons. The van der Waals surface area contributed by atoms with E-state index in [1.165, 1.54) is 32.1 Å². The average Bonchev–Trinajstić information content (AvgIpc) is 1.91. The normalized spacial score (nSPS) is 19.5. The molecule has 0 aliphatic heterocycles. The second kappa shape index (κ2) is 9.43. The van der Waals surface area contributed by atoms with Gasteiger partial charge in [0.15, 0.2) is 0 Å². The molecule has 0 aromatic heterocycles. The molecule has 4 heteroatoms. The van der Waals surface area contributed by atoms with E-state index in [9.17, 15) is 0 Å². The topological polar surface area (TPSA) is 26.0 Å². The molecule has 2 N–H and O–H groups in total. The summed E-state index contributed by atoms with van der Waals surface area (Å²) in [5.74, 6) is 0. The van der Waals surface area contributed by atoms with Gasteiger partial charge in [-0.15, -0.1) is 0 Å². The maximum absolute atomic E-state index is 5.63. The van der Waals surface area contributed by atoms with Gasteiger partial charge in [-0.05, 0) is 12.8 Å². The molecule has 0 saturated heterocycles. The van der Waals surface area contributed by atoms with Crippen LogP contribution < -0.4 is 5.73 Å². The summed E-state index contributed by atoms with van der Waals surface area (Å²) < 4.78 is 0. The molecule has 0 atom stereocenters. The Bertz CT molecular complexity index is 66.8. The standard InChI is InChI=1S/C6H13N.2HI.Pb/c7-6-4-2-1-3-5-6;;;/h6H,1-5,7H2;2*1H;/q;;;+2/p-2. The first-order chi connectivity index (χ1) is 4.81. The van der Waals surface area contributed by atoms with Gasteiger partial charge in [0, 0.05) is 6.04 Å². The Balaban J connectivity index is 0.000000236. The Kier molecular flexibility index (Phi) is 11.6. The average molecular weight is 560 g/mol. The SMILES string of the molecule is NC1CCCCC1.[I][Pb][I]. The van der Waals surface area contributed by atoms with Crippen LogP contribution in [0, 0.1) is 0 Å². The molecular weight excluding hydrogens is 547 g/mol. The molecular formula is C6H13I2NPb. The fourth-order valence-corrected chi connectivity index (χ4v) is 1.13. The third-order valence-corrected chi connectivity index (χ3v) is 1.65. The van der Waals surface area contributed by atoms with E-state index in [0.717, 1.165) is 0 Å². The van der Waals surface area contributed by atoms with Crippen LogP contribution in [-0.4, -0.2) is 21.7 Å². The zero-order chi connectivity index (χ0) is 7.82. The summed E-state index contributed by atoms with van der Waals surface area (Å²) in [5.41, 5.74) is 5.63. The van der Waals surface area contributed by atoms with Gasteiger partial charge in [-0.3, -0.25) is 0 Å². The van der Waals surface area contributed by atoms with Crippen LogP contribution in [0.15, 0.2) is 0 Å². The Morgan fingerprint density at radius 3 is 1.70 bits per heavy atom. The third kappa shape index (κ3) is 8.44. The zero-order valence-corrected chi connectivity index (χ0v) is 14.1. The van der Waals surface area contributed by atoms with Gasteiger partial charge in [0.1, 0.15) is 0 Å². The van der Waals surface area contributed by atoms with E-state index in [4.69, 9.17) is 5.73 Å². The van der Waals surface area contributed by atoms with Crippen LogP contribution in [0.5, 0.6) is 0 Å². The molecule has 1 saturated carbocycles. The fourth-order valence-electron chi connectivity index (χ4n) is 1.13. The minimum absolute atomic E-state index is 0.0233. The van der Waals surface area contributed by atoms with E-state index in [0.29, 0.717) is 6.04 Å².